The Morgan fingerprint density at radius 1 is 1.53 bits per heavy atom. The quantitative estimate of drug-likeness (QED) is 0.894. The third kappa shape index (κ3) is 5.06. The lowest BCUT2D eigenvalue weighted by Gasteiger charge is -2.13. The van der Waals surface area contributed by atoms with Crippen LogP contribution in [0.3, 0.4) is 0 Å². The minimum Gasteiger partial charge on any atom is -0.324 e. The van der Waals surface area contributed by atoms with Crippen LogP contribution in [0.2, 0.25) is 0 Å². The summed E-state index contributed by atoms with van der Waals surface area (Å²) in [4.78, 5) is 11.7. The Bertz CT molecular complexity index is 385. The van der Waals surface area contributed by atoms with Gasteiger partial charge in [-0.1, -0.05) is 29.3 Å². The van der Waals surface area contributed by atoms with E-state index in [2.05, 4.69) is 21.2 Å². The van der Waals surface area contributed by atoms with E-state index in [9.17, 15) is 4.79 Å². The molecule has 0 saturated heterocycles. The van der Waals surface area contributed by atoms with Crippen molar-refractivity contribution in [2.24, 2.45) is 5.73 Å². The first-order chi connectivity index (χ1) is 7.54. The van der Waals surface area contributed by atoms with Crippen molar-refractivity contribution in [1.82, 2.24) is 0 Å². The number of rotatable bonds is 4. The van der Waals surface area contributed by atoms with Gasteiger partial charge in [0.15, 0.2) is 0 Å². The fraction of sp³-hybridized carbons (Fsp3) is 0.417. The molecule has 1 aromatic carbocycles. The van der Waals surface area contributed by atoms with E-state index in [1.54, 1.807) is 0 Å². The van der Waals surface area contributed by atoms with E-state index in [1.165, 1.54) is 0 Å². The Morgan fingerprint density at radius 3 is 2.71 bits per heavy atom. The fourth-order valence-corrected chi connectivity index (χ4v) is 1.91. The van der Waals surface area contributed by atoms with Gasteiger partial charge < -0.3 is 11.1 Å². The zero-order valence-electron chi connectivity index (χ0n) is 10.00. The number of hydrogen-bond donors (Lipinski definition) is 2. The number of carbonyl (C=O) groups is 1. The molecule has 1 aromatic rings. The molecule has 1 rings (SSSR count). The molecule has 0 aliphatic heterocycles. The zero-order chi connectivity index (χ0) is 12.1. The number of halogens is 2. The van der Waals surface area contributed by atoms with Crippen LogP contribution >= 0.6 is 28.3 Å². The molecule has 0 bridgehead atoms. The van der Waals surface area contributed by atoms with Crippen LogP contribution in [0.4, 0.5) is 5.69 Å². The van der Waals surface area contributed by atoms with Crippen molar-refractivity contribution in [3.8, 4) is 0 Å². The van der Waals surface area contributed by atoms with Gasteiger partial charge in [-0.15, -0.1) is 12.4 Å². The summed E-state index contributed by atoms with van der Waals surface area (Å²) in [5, 5.41) is 2.84. The Hall–Kier alpha value is -0.580. The number of nitrogens with two attached hydrogens (primary N) is 1. The SMILES string of the molecule is CCCC(N)C(=O)Nc1ccc(Br)cc1C.Cl. The van der Waals surface area contributed by atoms with Crippen LogP contribution in [-0.2, 0) is 4.79 Å². The van der Waals surface area contributed by atoms with Gasteiger partial charge in [0.25, 0.3) is 0 Å². The zero-order valence-corrected chi connectivity index (χ0v) is 12.4. The number of benzene rings is 1. The fourth-order valence-electron chi connectivity index (χ4n) is 1.43. The second-order valence-electron chi connectivity index (χ2n) is 3.84. The monoisotopic (exact) mass is 320 g/mol. The molecule has 0 radical (unpaired) electrons. The maximum absolute atomic E-state index is 11.7. The number of nitrogens with one attached hydrogen (secondary N) is 1. The Kier molecular flexibility index (Phi) is 7.43. The lowest BCUT2D eigenvalue weighted by molar-refractivity contribution is -0.117. The molecule has 3 nitrogen and oxygen atoms in total. The maximum atomic E-state index is 11.7. The summed E-state index contributed by atoms with van der Waals surface area (Å²) in [5.41, 5.74) is 7.57. The summed E-state index contributed by atoms with van der Waals surface area (Å²) in [5.74, 6) is -0.118. The van der Waals surface area contributed by atoms with Gasteiger partial charge in [0.2, 0.25) is 5.91 Å². The third-order valence-corrected chi connectivity index (χ3v) is 2.88. The molecule has 3 N–H and O–H groups in total. The second kappa shape index (κ2) is 7.69. The van der Waals surface area contributed by atoms with Gasteiger partial charge in [0.05, 0.1) is 6.04 Å². The van der Waals surface area contributed by atoms with E-state index < -0.39 is 6.04 Å². The minimum atomic E-state index is -0.423. The summed E-state index contributed by atoms with van der Waals surface area (Å²) in [6.07, 6.45) is 1.62. The van der Waals surface area contributed by atoms with E-state index in [0.29, 0.717) is 6.42 Å². The van der Waals surface area contributed by atoms with Crippen molar-refractivity contribution in [2.75, 3.05) is 5.32 Å². The molecular formula is C12H18BrClN2O. The first-order valence-electron chi connectivity index (χ1n) is 5.37. The molecule has 1 atom stereocenters. The first-order valence-corrected chi connectivity index (χ1v) is 6.16. The van der Waals surface area contributed by atoms with Crippen LogP contribution in [0.5, 0.6) is 0 Å². The van der Waals surface area contributed by atoms with Gasteiger partial charge >= 0.3 is 0 Å². The number of carbonyl (C=O) groups excluding carboxylic acids is 1. The highest BCUT2D eigenvalue weighted by atomic mass is 79.9. The standard InChI is InChI=1S/C12H17BrN2O.ClH/c1-3-4-10(14)12(16)15-11-6-5-9(13)7-8(11)2;/h5-7,10H,3-4,14H2,1-2H3,(H,15,16);1H. The van der Waals surface area contributed by atoms with Crippen LogP contribution in [-0.4, -0.2) is 11.9 Å². The normalized spacial score (nSPS) is 11.5. The molecule has 0 aliphatic carbocycles. The maximum Gasteiger partial charge on any atom is 0.241 e. The summed E-state index contributed by atoms with van der Waals surface area (Å²) < 4.78 is 1.00. The van der Waals surface area contributed by atoms with Gasteiger partial charge in [-0.25, -0.2) is 0 Å². The van der Waals surface area contributed by atoms with Gasteiger partial charge in [0, 0.05) is 10.2 Å². The smallest absolute Gasteiger partial charge is 0.241 e. The van der Waals surface area contributed by atoms with E-state index in [1.807, 2.05) is 32.0 Å². The average Bonchev–Trinajstić information content (AvgIpc) is 2.22. The molecule has 1 amide bonds. The number of hydrogen-bond acceptors (Lipinski definition) is 2. The van der Waals surface area contributed by atoms with E-state index in [0.717, 1.165) is 22.1 Å². The summed E-state index contributed by atoms with van der Waals surface area (Å²) in [6.45, 7) is 3.96. The van der Waals surface area contributed by atoms with E-state index >= 15 is 0 Å². The predicted octanol–water partition coefficient (Wildman–Crippen LogP) is 3.25. The van der Waals surface area contributed by atoms with E-state index in [-0.39, 0.29) is 18.3 Å². The molecule has 17 heavy (non-hydrogen) atoms. The van der Waals surface area contributed by atoms with Crippen molar-refractivity contribution in [2.45, 2.75) is 32.7 Å². The molecular weight excluding hydrogens is 304 g/mol. The van der Waals surface area contributed by atoms with Crippen LogP contribution in [0.15, 0.2) is 22.7 Å². The van der Waals surface area contributed by atoms with Crippen molar-refractivity contribution < 1.29 is 4.79 Å². The molecule has 0 heterocycles. The third-order valence-electron chi connectivity index (χ3n) is 2.38. The predicted molar refractivity (Wildman–Crippen MR) is 77.6 cm³/mol. The molecule has 96 valence electrons. The second-order valence-corrected chi connectivity index (χ2v) is 4.76. The molecule has 0 spiro atoms. The van der Waals surface area contributed by atoms with Crippen molar-refractivity contribution in [1.29, 1.82) is 0 Å². The average molecular weight is 322 g/mol. The molecule has 0 saturated carbocycles. The first kappa shape index (κ1) is 16.4. The Labute approximate surface area is 117 Å². The van der Waals surface area contributed by atoms with Crippen LogP contribution in [0, 0.1) is 6.92 Å². The minimum absolute atomic E-state index is 0. The lowest BCUT2D eigenvalue weighted by atomic mass is 10.1. The van der Waals surface area contributed by atoms with Crippen molar-refractivity contribution >= 4 is 39.9 Å². The summed E-state index contributed by atoms with van der Waals surface area (Å²) >= 11 is 3.38. The van der Waals surface area contributed by atoms with Crippen LogP contribution in [0.25, 0.3) is 0 Å². The highest BCUT2D eigenvalue weighted by Gasteiger charge is 2.13. The highest BCUT2D eigenvalue weighted by Crippen LogP contribution is 2.20. The number of anilines is 1. The molecule has 5 heteroatoms. The largest absolute Gasteiger partial charge is 0.324 e. The van der Waals surface area contributed by atoms with Crippen molar-refractivity contribution in [3.05, 3.63) is 28.2 Å². The van der Waals surface area contributed by atoms with Crippen LogP contribution < -0.4 is 11.1 Å². The molecule has 0 aromatic heterocycles. The van der Waals surface area contributed by atoms with Gasteiger partial charge in [-0.2, -0.15) is 0 Å². The Morgan fingerprint density at radius 2 is 2.18 bits per heavy atom. The molecule has 0 fully saturated rings. The molecule has 1 unspecified atom stereocenters. The topological polar surface area (TPSA) is 55.1 Å². The van der Waals surface area contributed by atoms with Gasteiger partial charge in [0.1, 0.15) is 0 Å². The van der Waals surface area contributed by atoms with Crippen LogP contribution in [0.1, 0.15) is 25.3 Å². The summed E-state index contributed by atoms with van der Waals surface area (Å²) in [7, 11) is 0. The van der Waals surface area contributed by atoms with E-state index in [4.69, 9.17) is 5.73 Å². The highest BCUT2D eigenvalue weighted by molar-refractivity contribution is 9.10. The Balaban J connectivity index is 0.00000256. The number of amides is 1. The number of aryl methyl sites for hydroxylation is 1. The van der Waals surface area contributed by atoms with Crippen molar-refractivity contribution in [3.63, 3.8) is 0 Å². The lowest BCUT2D eigenvalue weighted by Crippen LogP contribution is -2.35. The molecule has 0 aliphatic rings. The van der Waals surface area contributed by atoms with Gasteiger partial charge in [-0.3, -0.25) is 4.79 Å². The summed E-state index contributed by atoms with van der Waals surface area (Å²) in [6, 6.07) is 5.30. The van der Waals surface area contributed by atoms with Gasteiger partial charge in [-0.05, 0) is 37.1 Å².